The van der Waals surface area contributed by atoms with Crippen molar-refractivity contribution in [3.8, 4) is 0 Å². The van der Waals surface area contributed by atoms with Crippen LogP contribution in [0.2, 0.25) is 0 Å². The topological polar surface area (TPSA) is 0 Å². The molecule has 0 aromatic rings. The van der Waals surface area contributed by atoms with Crippen molar-refractivity contribution in [3.63, 3.8) is 0 Å². The van der Waals surface area contributed by atoms with E-state index < -0.39 is 0 Å². The second-order valence-electron chi connectivity index (χ2n) is 4.69. The molecule has 0 bridgehead atoms. The molecule has 0 amide bonds. The van der Waals surface area contributed by atoms with Crippen molar-refractivity contribution in [2.75, 3.05) is 0 Å². The van der Waals surface area contributed by atoms with E-state index in [1.165, 1.54) is 11.1 Å². The van der Waals surface area contributed by atoms with Gasteiger partial charge in [0.25, 0.3) is 0 Å². The van der Waals surface area contributed by atoms with Crippen LogP contribution in [-0.4, -0.2) is 0 Å². The maximum atomic E-state index is 3.92. The molecule has 0 nitrogen and oxygen atoms in total. The van der Waals surface area contributed by atoms with Gasteiger partial charge < -0.3 is 0 Å². The van der Waals surface area contributed by atoms with Crippen LogP contribution in [0, 0.1) is 11.8 Å². The fourth-order valence-corrected chi connectivity index (χ4v) is 1.09. The van der Waals surface area contributed by atoms with Gasteiger partial charge in [-0.25, -0.2) is 0 Å². The Morgan fingerprint density at radius 1 is 0.929 bits per heavy atom. The van der Waals surface area contributed by atoms with Crippen molar-refractivity contribution in [3.05, 3.63) is 35.5 Å². The minimum atomic E-state index is 0.570. The summed E-state index contributed by atoms with van der Waals surface area (Å²) in [6.07, 6.45) is 4.47. The molecule has 0 aromatic heterocycles. The van der Waals surface area contributed by atoms with Crippen LogP contribution >= 0.6 is 0 Å². The Labute approximate surface area is 89.4 Å². The van der Waals surface area contributed by atoms with Crippen molar-refractivity contribution in [1.29, 1.82) is 0 Å². The minimum Gasteiger partial charge on any atom is -0.0961 e. The van der Waals surface area contributed by atoms with E-state index in [9.17, 15) is 0 Å². The fraction of sp³-hybridized carbons (Fsp3) is 0.571. The molecule has 0 spiro atoms. The van der Waals surface area contributed by atoms with Gasteiger partial charge in [0.2, 0.25) is 0 Å². The molecule has 14 heavy (non-hydrogen) atoms. The summed E-state index contributed by atoms with van der Waals surface area (Å²) in [6, 6.07) is 0. The lowest BCUT2D eigenvalue weighted by Crippen LogP contribution is -1.95. The summed E-state index contributed by atoms with van der Waals surface area (Å²) in [7, 11) is 0. The van der Waals surface area contributed by atoms with E-state index in [0.717, 1.165) is 5.57 Å². The van der Waals surface area contributed by atoms with Crippen LogP contribution in [0.25, 0.3) is 0 Å². The number of rotatable bonds is 4. The maximum Gasteiger partial charge on any atom is -0.0219 e. The fourth-order valence-electron chi connectivity index (χ4n) is 1.09. The van der Waals surface area contributed by atoms with Crippen LogP contribution < -0.4 is 0 Å². The van der Waals surface area contributed by atoms with Crippen molar-refractivity contribution < 1.29 is 0 Å². The zero-order chi connectivity index (χ0) is 11.3. The SMILES string of the molecule is C=C(C)C=C(C=C(C)C(C)C)C(C)C. The molecule has 0 aromatic carbocycles. The Balaban J connectivity index is 4.87. The molecule has 0 saturated carbocycles. The monoisotopic (exact) mass is 192 g/mol. The van der Waals surface area contributed by atoms with Gasteiger partial charge in [-0.2, -0.15) is 0 Å². The summed E-state index contributed by atoms with van der Waals surface area (Å²) >= 11 is 0. The molecule has 0 aliphatic heterocycles. The molecule has 0 rings (SSSR count). The van der Waals surface area contributed by atoms with Crippen LogP contribution in [0.1, 0.15) is 41.5 Å². The largest absolute Gasteiger partial charge is 0.0961 e. The standard InChI is InChI=1S/C14H24/c1-10(2)8-14(12(5)6)9-13(7)11(3)4/h8-9,11-12H,1H2,2-7H3. The average molecular weight is 192 g/mol. The molecular weight excluding hydrogens is 168 g/mol. The van der Waals surface area contributed by atoms with E-state index in [-0.39, 0.29) is 0 Å². The Morgan fingerprint density at radius 3 is 1.71 bits per heavy atom. The smallest absolute Gasteiger partial charge is 0.0219 e. The summed E-state index contributed by atoms with van der Waals surface area (Å²) in [5.41, 5.74) is 3.94. The van der Waals surface area contributed by atoms with E-state index >= 15 is 0 Å². The Morgan fingerprint density at radius 2 is 1.43 bits per heavy atom. The van der Waals surface area contributed by atoms with Crippen molar-refractivity contribution in [2.24, 2.45) is 11.8 Å². The predicted octanol–water partition coefficient (Wildman–Crippen LogP) is 4.75. The predicted molar refractivity (Wildman–Crippen MR) is 66.3 cm³/mol. The molecule has 0 heterocycles. The van der Waals surface area contributed by atoms with Crippen LogP contribution in [0.3, 0.4) is 0 Å². The van der Waals surface area contributed by atoms with Crippen LogP contribution in [0.4, 0.5) is 0 Å². The first kappa shape index (κ1) is 13.2. The average Bonchev–Trinajstić information content (AvgIpc) is 2.01. The molecule has 0 aliphatic carbocycles. The first-order valence-corrected chi connectivity index (χ1v) is 5.40. The second kappa shape index (κ2) is 5.85. The lowest BCUT2D eigenvalue weighted by molar-refractivity contribution is 0.748. The molecular formula is C14H24. The third-order valence-electron chi connectivity index (χ3n) is 2.38. The molecule has 0 unspecified atom stereocenters. The molecule has 0 atom stereocenters. The normalized spacial score (nSPS) is 14.0. The van der Waals surface area contributed by atoms with Gasteiger partial charge in [-0.3, -0.25) is 0 Å². The number of hydrogen-bond acceptors (Lipinski definition) is 0. The molecule has 0 radical (unpaired) electrons. The lowest BCUT2D eigenvalue weighted by atomic mass is 9.95. The summed E-state index contributed by atoms with van der Waals surface area (Å²) in [5, 5.41) is 0. The highest BCUT2D eigenvalue weighted by Gasteiger charge is 2.02. The maximum absolute atomic E-state index is 3.92. The van der Waals surface area contributed by atoms with Gasteiger partial charge in [0.1, 0.15) is 0 Å². The Bertz CT molecular complexity index is 249. The third kappa shape index (κ3) is 5.06. The van der Waals surface area contributed by atoms with Gasteiger partial charge in [0.05, 0.1) is 0 Å². The quantitative estimate of drug-likeness (QED) is 0.564. The third-order valence-corrected chi connectivity index (χ3v) is 2.38. The molecule has 0 heteroatoms. The number of allylic oxidation sites excluding steroid dienone is 5. The second-order valence-corrected chi connectivity index (χ2v) is 4.69. The number of hydrogen-bond donors (Lipinski definition) is 0. The van der Waals surface area contributed by atoms with Crippen LogP contribution in [-0.2, 0) is 0 Å². The van der Waals surface area contributed by atoms with Crippen molar-refractivity contribution in [1.82, 2.24) is 0 Å². The van der Waals surface area contributed by atoms with Crippen LogP contribution in [0.15, 0.2) is 35.5 Å². The molecule has 0 saturated heterocycles. The van der Waals surface area contributed by atoms with E-state index in [2.05, 4.69) is 53.3 Å². The van der Waals surface area contributed by atoms with Gasteiger partial charge in [0, 0.05) is 0 Å². The first-order valence-electron chi connectivity index (χ1n) is 5.40. The molecule has 80 valence electrons. The van der Waals surface area contributed by atoms with Crippen molar-refractivity contribution in [2.45, 2.75) is 41.5 Å². The van der Waals surface area contributed by atoms with E-state index in [4.69, 9.17) is 0 Å². The van der Waals surface area contributed by atoms with Crippen LogP contribution in [0.5, 0.6) is 0 Å². The van der Waals surface area contributed by atoms with Crippen molar-refractivity contribution >= 4 is 0 Å². The van der Waals surface area contributed by atoms with E-state index in [1.807, 2.05) is 6.92 Å². The lowest BCUT2D eigenvalue weighted by Gasteiger charge is -2.11. The molecule has 0 fully saturated rings. The van der Waals surface area contributed by atoms with E-state index in [0.29, 0.717) is 11.8 Å². The summed E-state index contributed by atoms with van der Waals surface area (Å²) in [6.45, 7) is 17.1. The highest BCUT2D eigenvalue weighted by molar-refractivity contribution is 5.31. The summed E-state index contributed by atoms with van der Waals surface area (Å²) in [4.78, 5) is 0. The summed E-state index contributed by atoms with van der Waals surface area (Å²) < 4.78 is 0. The van der Waals surface area contributed by atoms with Gasteiger partial charge in [-0.05, 0) is 31.3 Å². The van der Waals surface area contributed by atoms with Gasteiger partial charge >= 0.3 is 0 Å². The minimum absolute atomic E-state index is 0.570. The zero-order valence-electron chi connectivity index (χ0n) is 10.5. The molecule has 0 N–H and O–H groups in total. The summed E-state index contributed by atoms with van der Waals surface area (Å²) in [5.74, 6) is 1.20. The zero-order valence-corrected chi connectivity index (χ0v) is 10.5. The van der Waals surface area contributed by atoms with Gasteiger partial charge in [-0.15, -0.1) is 0 Å². The van der Waals surface area contributed by atoms with E-state index in [1.54, 1.807) is 0 Å². The van der Waals surface area contributed by atoms with Gasteiger partial charge in [-0.1, -0.05) is 57.6 Å². The highest BCUT2D eigenvalue weighted by atomic mass is 14.1. The van der Waals surface area contributed by atoms with Gasteiger partial charge in [0.15, 0.2) is 0 Å². The Hall–Kier alpha value is -0.780. The first-order chi connectivity index (χ1) is 6.34. The highest BCUT2D eigenvalue weighted by Crippen LogP contribution is 2.18. The molecule has 0 aliphatic rings. The Kier molecular flexibility index (Phi) is 5.52.